The molecule has 2 rings (SSSR count). The highest BCUT2D eigenvalue weighted by Crippen LogP contribution is 2.30. The number of carbonyl (C=O) groups is 1. The van der Waals surface area contributed by atoms with Gasteiger partial charge in [0.15, 0.2) is 0 Å². The number of aromatic nitrogens is 1. The van der Waals surface area contributed by atoms with Crippen LogP contribution in [-0.2, 0) is 0 Å². The molecule has 21 heavy (non-hydrogen) atoms. The molecule has 0 aliphatic heterocycles. The van der Waals surface area contributed by atoms with Gasteiger partial charge in [0.05, 0.1) is 11.6 Å². The van der Waals surface area contributed by atoms with Crippen molar-refractivity contribution >= 4 is 35.0 Å². The van der Waals surface area contributed by atoms with Crippen molar-refractivity contribution in [2.45, 2.75) is 13.0 Å². The summed E-state index contributed by atoms with van der Waals surface area (Å²) in [5, 5.41) is 9.88. The van der Waals surface area contributed by atoms with Crippen molar-refractivity contribution in [2.24, 2.45) is 0 Å². The van der Waals surface area contributed by atoms with Gasteiger partial charge >= 0.3 is 5.97 Å². The Balaban J connectivity index is 2.38. The molecule has 110 valence electrons. The van der Waals surface area contributed by atoms with E-state index in [0.29, 0.717) is 10.8 Å². The summed E-state index contributed by atoms with van der Waals surface area (Å²) in [6.07, 6.45) is 0. The van der Waals surface area contributed by atoms with Crippen molar-refractivity contribution in [1.29, 1.82) is 0 Å². The molecule has 1 aromatic carbocycles. The topological polar surface area (TPSA) is 53.4 Å². The summed E-state index contributed by atoms with van der Waals surface area (Å²) in [5.41, 5.74) is 1.03. The normalized spacial score (nSPS) is 12.0. The molecule has 0 fully saturated rings. The largest absolute Gasteiger partial charge is 0.478 e. The summed E-state index contributed by atoms with van der Waals surface area (Å²) in [5.74, 6) is -0.563. The van der Waals surface area contributed by atoms with Crippen molar-refractivity contribution < 1.29 is 9.90 Å². The average molecular weight is 325 g/mol. The van der Waals surface area contributed by atoms with Gasteiger partial charge < -0.3 is 10.0 Å². The third-order valence-electron chi connectivity index (χ3n) is 3.33. The summed E-state index contributed by atoms with van der Waals surface area (Å²) >= 11 is 12.1. The molecule has 0 saturated carbocycles. The van der Waals surface area contributed by atoms with E-state index in [-0.39, 0.29) is 16.8 Å². The molecule has 0 radical (unpaired) electrons. The van der Waals surface area contributed by atoms with E-state index in [4.69, 9.17) is 28.3 Å². The molecule has 1 unspecified atom stereocenters. The first-order valence-corrected chi connectivity index (χ1v) is 7.04. The van der Waals surface area contributed by atoms with Gasteiger partial charge in [0.25, 0.3) is 0 Å². The van der Waals surface area contributed by atoms with Gasteiger partial charge in [-0.1, -0.05) is 41.4 Å². The van der Waals surface area contributed by atoms with Crippen LogP contribution in [0.15, 0.2) is 36.4 Å². The van der Waals surface area contributed by atoms with E-state index < -0.39 is 5.97 Å². The minimum absolute atomic E-state index is 0.0775. The third kappa shape index (κ3) is 3.46. The minimum Gasteiger partial charge on any atom is -0.478 e. The zero-order valence-electron chi connectivity index (χ0n) is 11.5. The predicted octanol–water partition coefficient (Wildman–Crippen LogP) is 4.28. The molecule has 0 amide bonds. The number of anilines is 1. The SMILES string of the molecule is CC(c1ccccc1Cl)N(C)c1cc(C(=O)O)cc(Cl)n1. The number of rotatable bonds is 4. The predicted molar refractivity (Wildman–Crippen MR) is 84.5 cm³/mol. The molecule has 1 aromatic heterocycles. The smallest absolute Gasteiger partial charge is 0.335 e. The van der Waals surface area contributed by atoms with Crippen LogP contribution < -0.4 is 4.90 Å². The van der Waals surface area contributed by atoms with Gasteiger partial charge in [0, 0.05) is 12.1 Å². The highest BCUT2D eigenvalue weighted by atomic mass is 35.5. The quantitative estimate of drug-likeness (QED) is 0.852. The lowest BCUT2D eigenvalue weighted by Gasteiger charge is -2.27. The van der Waals surface area contributed by atoms with Crippen LogP contribution in [0.3, 0.4) is 0 Å². The highest BCUT2D eigenvalue weighted by molar-refractivity contribution is 6.31. The Hall–Kier alpha value is -1.78. The standard InChI is InChI=1S/C15H14Cl2N2O2/c1-9(11-5-3-4-6-12(11)16)19(2)14-8-10(15(20)21)7-13(17)18-14/h3-9H,1-2H3,(H,20,21). The van der Waals surface area contributed by atoms with Gasteiger partial charge in [-0.2, -0.15) is 0 Å². The zero-order valence-corrected chi connectivity index (χ0v) is 13.1. The number of aromatic carboxylic acids is 1. The van der Waals surface area contributed by atoms with Crippen LogP contribution in [0.2, 0.25) is 10.2 Å². The van der Waals surface area contributed by atoms with Crippen LogP contribution in [0.5, 0.6) is 0 Å². The first-order valence-electron chi connectivity index (χ1n) is 6.28. The van der Waals surface area contributed by atoms with Crippen LogP contribution in [0.1, 0.15) is 28.9 Å². The summed E-state index contributed by atoms with van der Waals surface area (Å²) in [6.45, 7) is 1.96. The first kappa shape index (κ1) is 15.6. The maximum absolute atomic E-state index is 11.1. The van der Waals surface area contributed by atoms with E-state index in [1.807, 2.05) is 43.1 Å². The van der Waals surface area contributed by atoms with Gasteiger partial charge in [0.1, 0.15) is 11.0 Å². The number of hydrogen-bond donors (Lipinski definition) is 1. The van der Waals surface area contributed by atoms with Crippen molar-refractivity contribution in [3.8, 4) is 0 Å². The maximum Gasteiger partial charge on any atom is 0.335 e. The van der Waals surface area contributed by atoms with E-state index >= 15 is 0 Å². The molecule has 6 heteroatoms. The van der Waals surface area contributed by atoms with Crippen molar-refractivity contribution in [3.63, 3.8) is 0 Å². The molecule has 1 heterocycles. The molecule has 2 aromatic rings. The number of carboxylic acid groups (broad SMARTS) is 1. The van der Waals surface area contributed by atoms with Gasteiger partial charge in [-0.15, -0.1) is 0 Å². The zero-order chi connectivity index (χ0) is 15.6. The van der Waals surface area contributed by atoms with Gasteiger partial charge in [-0.05, 0) is 30.7 Å². The Morgan fingerprint density at radius 2 is 1.95 bits per heavy atom. The lowest BCUT2D eigenvalue weighted by molar-refractivity contribution is 0.0697. The third-order valence-corrected chi connectivity index (χ3v) is 3.86. The Labute approximate surface area is 132 Å². The second-order valence-corrected chi connectivity index (χ2v) is 5.44. The Morgan fingerprint density at radius 1 is 1.29 bits per heavy atom. The number of carboxylic acids is 1. The van der Waals surface area contributed by atoms with Crippen LogP contribution in [0, 0.1) is 0 Å². The minimum atomic E-state index is -1.04. The molecule has 4 nitrogen and oxygen atoms in total. The fraction of sp³-hybridized carbons (Fsp3) is 0.200. The molecule has 1 atom stereocenters. The maximum atomic E-state index is 11.1. The second-order valence-electron chi connectivity index (χ2n) is 4.65. The highest BCUT2D eigenvalue weighted by Gasteiger charge is 2.18. The van der Waals surface area contributed by atoms with Gasteiger partial charge in [-0.3, -0.25) is 0 Å². The van der Waals surface area contributed by atoms with E-state index in [0.717, 1.165) is 5.56 Å². The molecule has 0 spiro atoms. The fourth-order valence-electron chi connectivity index (χ4n) is 2.01. The van der Waals surface area contributed by atoms with Crippen molar-refractivity contribution in [1.82, 2.24) is 4.98 Å². The molecule has 0 aliphatic carbocycles. The monoisotopic (exact) mass is 324 g/mol. The van der Waals surface area contributed by atoms with Crippen LogP contribution in [-0.4, -0.2) is 23.1 Å². The van der Waals surface area contributed by atoms with Gasteiger partial charge in [-0.25, -0.2) is 9.78 Å². The number of nitrogens with zero attached hydrogens (tertiary/aromatic N) is 2. The summed E-state index contributed by atoms with van der Waals surface area (Å²) in [7, 11) is 1.82. The molecule has 0 bridgehead atoms. The number of halogens is 2. The van der Waals surface area contributed by atoms with Crippen LogP contribution >= 0.6 is 23.2 Å². The molecular weight excluding hydrogens is 311 g/mol. The second kappa shape index (κ2) is 6.33. The Bertz CT molecular complexity index is 676. The summed E-state index contributed by atoms with van der Waals surface area (Å²) in [6, 6.07) is 10.2. The number of hydrogen-bond acceptors (Lipinski definition) is 3. The van der Waals surface area contributed by atoms with E-state index in [1.165, 1.54) is 12.1 Å². The van der Waals surface area contributed by atoms with Crippen LogP contribution in [0.4, 0.5) is 5.82 Å². The fourth-order valence-corrected chi connectivity index (χ4v) is 2.51. The summed E-state index contributed by atoms with van der Waals surface area (Å²) < 4.78 is 0. The molecular formula is C15H14Cl2N2O2. The Kier molecular flexibility index (Phi) is 4.70. The number of pyridine rings is 1. The lowest BCUT2D eigenvalue weighted by Crippen LogP contribution is -2.23. The van der Waals surface area contributed by atoms with Crippen molar-refractivity contribution in [3.05, 3.63) is 57.7 Å². The first-order chi connectivity index (χ1) is 9.90. The average Bonchev–Trinajstić information content (AvgIpc) is 2.45. The summed E-state index contributed by atoms with van der Waals surface area (Å²) in [4.78, 5) is 17.1. The van der Waals surface area contributed by atoms with E-state index in [9.17, 15) is 4.79 Å². The van der Waals surface area contributed by atoms with Crippen molar-refractivity contribution in [2.75, 3.05) is 11.9 Å². The molecule has 0 aliphatic rings. The van der Waals surface area contributed by atoms with Crippen LogP contribution in [0.25, 0.3) is 0 Å². The number of benzene rings is 1. The van der Waals surface area contributed by atoms with Gasteiger partial charge in [0.2, 0.25) is 0 Å². The van der Waals surface area contributed by atoms with E-state index in [1.54, 1.807) is 0 Å². The molecule has 0 saturated heterocycles. The lowest BCUT2D eigenvalue weighted by atomic mass is 10.1. The van der Waals surface area contributed by atoms with E-state index in [2.05, 4.69) is 4.98 Å². The molecule has 1 N–H and O–H groups in total. The Morgan fingerprint density at radius 3 is 2.57 bits per heavy atom.